The van der Waals surface area contributed by atoms with Crippen molar-refractivity contribution in [1.29, 1.82) is 0 Å². The minimum absolute atomic E-state index is 0.00419. The number of ether oxygens (including phenoxy) is 2. The lowest BCUT2D eigenvalue weighted by atomic mass is 9.70. The van der Waals surface area contributed by atoms with Crippen LogP contribution in [-0.2, 0) is 9.53 Å². The van der Waals surface area contributed by atoms with Crippen LogP contribution >= 0.6 is 0 Å². The van der Waals surface area contributed by atoms with Crippen molar-refractivity contribution in [3.63, 3.8) is 0 Å². The van der Waals surface area contributed by atoms with Gasteiger partial charge in [-0.25, -0.2) is 0 Å². The number of piperidine rings is 1. The van der Waals surface area contributed by atoms with Crippen molar-refractivity contribution in [1.82, 2.24) is 4.90 Å². The standard InChI is InChI=1S/C27H32N2O5/c1-16(30)17-7-9-19(10-8-17)28-24(32)15-29-12-11-23-18(14-29)13-21-25(33-23)20-5-4-6-22(31)26(20)34-27(21,2)3/h4-10,18,21,23,25,31H,11-15H2,1-3H3,(H,28,32)/t18-,21+,23+,25-/m0/s1. The van der Waals surface area contributed by atoms with E-state index < -0.39 is 5.60 Å². The van der Waals surface area contributed by atoms with Crippen LogP contribution < -0.4 is 10.1 Å². The molecule has 1 amide bonds. The first-order chi connectivity index (χ1) is 16.2. The van der Waals surface area contributed by atoms with Crippen molar-refractivity contribution in [2.24, 2.45) is 11.8 Å². The summed E-state index contributed by atoms with van der Waals surface area (Å²) in [4.78, 5) is 26.3. The molecule has 4 atom stereocenters. The van der Waals surface area contributed by atoms with E-state index in [0.717, 1.165) is 31.5 Å². The van der Waals surface area contributed by atoms with Gasteiger partial charge in [0, 0.05) is 35.8 Å². The molecule has 7 nitrogen and oxygen atoms in total. The molecular weight excluding hydrogens is 432 g/mol. The number of nitrogens with zero attached hydrogens (tertiary/aromatic N) is 1. The summed E-state index contributed by atoms with van der Waals surface area (Å²) in [6.45, 7) is 7.57. The monoisotopic (exact) mass is 464 g/mol. The average molecular weight is 465 g/mol. The Labute approximate surface area is 200 Å². The topological polar surface area (TPSA) is 88.1 Å². The zero-order chi connectivity index (χ0) is 24.0. The first-order valence-corrected chi connectivity index (χ1v) is 12.0. The second-order valence-corrected chi connectivity index (χ2v) is 10.3. The third-order valence-electron chi connectivity index (χ3n) is 7.52. The van der Waals surface area contributed by atoms with Crippen LogP contribution in [-0.4, -0.2) is 53.0 Å². The number of anilines is 1. The highest BCUT2D eigenvalue weighted by molar-refractivity contribution is 5.96. The Balaban J connectivity index is 1.23. The maximum Gasteiger partial charge on any atom is 0.238 e. The van der Waals surface area contributed by atoms with E-state index in [0.29, 0.717) is 29.5 Å². The number of Topliss-reactive ketones (excluding diaryl/α,β-unsaturated/α-hetero) is 1. The van der Waals surface area contributed by atoms with E-state index in [1.165, 1.54) is 6.92 Å². The number of likely N-dealkylation sites (tertiary alicyclic amines) is 1. The SMILES string of the molecule is CC(=O)c1ccc(NC(=O)CN2CC[C@H]3O[C@H]4c5cccc(O)c5OC(C)(C)[C@@H]4C[C@H]3C2)cc1. The lowest BCUT2D eigenvalue weighted by Crippen LogP contribution is -2.55. The Hall–Kier alpha value is -2.90. The number of phenols is 1. The molecule has 7 heteroatoms. The van der Waals surface area contributed by atoms with Crippen LogP contribution in [0.2, 0.25) is 0 Å². The summed E-state index contributed by atoms with van der Waals surface area (Å²) in [6.07, 6.45) is 1.84. The number of carbonyl (C=O) groups is 2. The summed E-state index contributed by atoms with van der Waals surface area (Å²) in [6, 6.07) is 12.5. The van der Waals surface area contributed by atoms with Gasteiger partial charge in [-0.2, -0.15) is 0 Å². The number of nitrogens with one attached hydrogen (secondary N) is 1. The summed E-state index contributed by atoms with van der Waals surface area (Å²) in [7, 11) is 0. The molecule has 2 saturated heterocycles. The zero-order valence-electron chi connectivity index (χ0n) is 19.9. The number of para-hydroxylation sites is 1. The summed E-state index contributed by atoms with van der Waals surface area (Å²) in [5.41, 5.74) is 1.79. The van der Waals surface area contributed by atoms with E-state index in [4.69, 9.17) is 9.47 Å². The quantitative estimate of drug-likeness (QED) is 0.661. The first-order valence-electron chi connectivity index (χ1n) is 12.0. The van der Waals surface area contributed by atoms with Crippen LogP contribution in [0.3, 0.4) is 0 Å². The minimum Gasteiger partial charge on any atom is -0.504 e. The Morgan fingerprint density at radius 1 is 1.18 bits per heavy atom. The van der Waals surface area contributed by atoms with Crippen molar-refractivity contribution in [3.05, 3.63) is 53.6 Å². The smallest absolute Gasteiger partial charge is 0.238 e. The third kappa shape index (κ3) is 4.30. The van der Waals surface area contributed by atoms with Crippen LogP contribution in [0.5, 0.6) is 11.5 Å². The number of hydrogen-bond acceptors (Lipinski definition) is 6. The highest BCUT2D eigenvalue weighted by Crippen LogP contribution is 2.54. The molecule has 0 aromatic heterocycles. The largest absolute Gasteiger partial charge is 0.504 e. The number of fused-ring (bicyclic) bond motifs is 4. The summed E-state index contributed by atoms with van der Waals surface area (Å²) < 4.78 is 12.9. The van der Waals surface area contributed by atoms with Gasteiger partial charge in [0.05, 0.1) is 18.8 Å². The van der Waals surface area contributed by atoms with Crippen molar-refractivity contribution >= 4 is 17.4 Å². The van der Waals surface area contributed by atoms with Crippen LogP contribution in [0.1, 0.15) is 55.6 Å². The Morgan fingerprint density at radius 2 is 1.94 bits per heavy atom. The average Bonchev–Trinajstić information content (AvgIpc) is 2.79. The number of ketones is 1. The van der Waals surface area contributed by atoms with Crippen molar-refractivity contribution in [3.8, 4) is 11.5 Å². The normalized spacial score (nSPS) is 27.5. The van der Waals surface area contributed by atoms with Crippen LogP contribution in [0.4, 0.5) is 5.69 Å². The molecule has 2 aromatic rings. The van der Waals surface area contributed by atoms with E-state index >= 15 is 0 Å². The van der Waals surface area contributed by atoms with Crippen LogP contribution in [0.25, 0.3) is 0 Å². The maximum atomic E-state index is 12.7. The van der Waals surface area contributed by atoms with E-state index in [2.05, 4.69) is 24.1 Å². The maximum absolute atomic E-state index is 12.7. The van der Waals surface area contributed by atoms with Crippen LogP contribution in [0, 0.1) is 11.8 Å². The van der Waals surface area contributed by atoms with E-state index in [1.807, 2.05) is 12.1 Å². The molecule has 3 aliphatic heterocycles. The summed E-state index contributed by atoms with van der Waals surface area (Å²) >= 11 is 0. The Kier molecular flexibility index (Phi) is 5.86. The predicted octanol–water partition coefficient (Wildman–Crippen LogP) is 4.17. The number of amides is 1. The fraction of sp³-hybridized carbons (Fsp3) is 0.481. The van der Waals surface area contributed by atoms with E-state index in [9.17, 15) is 14.7 Å². The second kappa shape index (κ2) is 8.71. The molecule has 5 rings (SSSR count). The van der Waals surface area contributed by atoms with Gasteiger partial charge in [0.15, 0.2) is 17.3 Å². The van der Waals surface area contributed by atoms with Gasteiger partial charge in [0.25, 0.3) is 0 Å². The molecular formula is C27H32N2O5. The number of phenolic OH excluding ortho intramolecular Hbond substituents is 1. The van der Waals surface area contributed by atoms with Gasteiger partial charge in [0.1, 0.15) is 5.60 Å². The van der Waals surface area contributed by atoms with E-state index in [-0.39, 0.29) is 35.6 Å². The molecule has 0 saturated carbocycles. The molecule has 3 aliphatic rings. The zero-order valence-corrected chi connectivity index (χ0v) is 19.9. The molecule has 0 unspecified atom stereocenters. The lowest BCUT2D eigenvalue weighted by Gasteiger charge is -2.53. The minimum atomic E-state index is -0.465. The molecule has 2 fully saturated rings. The highest BCUT2D eigenvalue weighted by atomic mass is 16.5. The van der Waals surface area contributed by atoms with Gasteiger partial charge >= 0.3 is 0 Å². The van der Waals surface area contributed by atoms with Gasteiger partial charge in [-0.1, -0.05) is 12.1 Å². The first kappa shape index (κ1) is 22.9. The molecule has 3 heterocycles. The van der Waals surface area contributed by atoms with Gasteiger partial charge < -0.3 is 19.9 Å². The number of benzene rings is 2. The summed E-state index contributed by atoms with van der Waals surface area (Å²) in [5, 5.41) is 13.3. The molecule has 0 radical (unpaired) electrons. The Bertz CT molecular complexity index is 1100. The van der Waals surface area contributed by atoms with Gasteiger partial charge in [0.2, 0.25) is 5.91 Å². The van der Waals surface area contributed by atoms with Gasteiger partial charge in [-0.3, -0.25) is 14.5 Å². The second-order valence-electron chi connectivity index (χ2n) is 10.3. The fourth-order valence-corrected chi connectivity index (χ4v) is 5.71. The molecule has 0 bridgehead atoms. The third-order valence-corrected chi connectivity index (χ3v) is 7.52. The fourth-order valence-electron chi connectivity index (χ4n) is 5.71. The number of rotatable bonds is 4. The van der Waals surface area contributed by atoms with Crippen molar-refractivity contribution in [2.75, 3.05) is 25.0 Å². The van der Waals surface area contributed by atoms with Crippen molar-refractivity contribution < 1.29 is 24.2 Å². The lowest BCUT2D eigenvalue weighted by molar-refractivity contribution is -0.187. The number of carbonyl (C=O) groups excluding carboxylic acids is 2. The number of aromatic hydroxyl groups is 1. The van der Waals surface area contributed by atoms with Gasteiger partial charge in [-0.15, -0.1) is 0 Å². The molecule has 2 aromatic carbocycles. The van der Waals surface area contributed by atoms with E-state index in [1.54, 1.807) is 30.3 Å². The molecule has 180 valence electrons. The van der Waals surface area contributed by atoms with Crippen LogP contribution in [0.15, 0.2) is 42.5 Å². The summed E-state index contributed by atoms with van der Waals surface area (Å²) in [5.74, 6) is 1.12. The van der Waals surface area contributed by atoms with Crippen molar-refractivity contribution in [2.45, 2.75) is 51.4 Å². The van der Waals surface area contributed by atoms with Gasteiger partial charge in [-0.05, 0) is 69.9 Å². The number of hydrogen-bond donors (Lipinski definition) is 2. The highest BCUT2D eigenvalue weighted by Gasteiger charge is 2.51. The molecule has 2 N–H and O–H groups in total. The predicted molar refractivity (Wildman–Crippen MR) is 128 cm³/mol. The molecule has 34 heavy (non-hydrogen) atoms. The molecule has 0 aliphatic carbocycles. The molecule has 0 spiro atoms. The Morgan fingerprint density at radius 3 is 2.68 bits per heavy atom.